The lowest BCUT2D eigenvalue weighted by Crippen LogP contribution is -2.43. The van der Waals surface area contributed by atoms with Crippen molar-refractivity contribution in [3.8, 4) is 11.5 Å². The lowest BCUT2D eigenvalue weighted by molar-refractivity contribution is -0.142. The Labute approximate surface area is 244 Å². The van der Waals surface area contributed by atoms with Gasteiger partial charge in [-0.3, -0.25) is 29.0 Å². The molecule has 1 aromatic carbocycles. The number of thiophene rings is 2. The Bertz CT molecular complexity index is 1580. The molecule has 3 fully saturated rings. The molecule has 7 rings (SSSR count). The van der Waals surface area contributed by atoms with Gasteiger partial charge in [0.05, 0.1) is 43.9 Å². The van der Waals surface area contributed by atoms with Crippen LogP contribution in [0, 0.1) is 29.6 Å². The van der Waals surface area contributed by atoms with Gasteiger partial charge in [0, 0.05) is 15.7 Å². The number of benzene rings is 1. The summed E-state index contributed by atoms with van der Waals surface area (Å²) in [6.07, 6.45) is 2.79. The summed E-state index contributed by atoms with van der Waals surface area (Å²) in [5, 5.41) is 14.1. The van der Waals surface area contributed by atoms with Crippen LogP contribution in [0.2, 0.25) is 0 Å². The number of ether oxygens (including phenoxy) is 1. The molecule has 0 radical (unpaired) electrons. The van der Waals surface area contributed by atoms with Crippen LogP contribution in [0.1, 0.15) is 34.1 Å². The molecule has 2 aliphatic carbocycles. The maximum absolute atomic E-state index is 14.0. The van der Waals surface area contributed by atoms with E-state index >= 15 is 0 Å². The third-order valence-electron chi connectivity index (χ3n) is 9.18. The van der Waals surface area contributed by atoms with Gasteiger partial charge in [-0.2, -0.15) is 0 Å². The maximum atomic E-state index is 14.0. The van der Waals surface area contributed by atoms with Crippen LogP contribution in [0.25, 0.3) is 0 Å². The number of rotatable bonds is 6. The fourth-order valence-electron chi connectivity index (χ4n) is 7.41. The number of amides is 4. The second kappa shape index (κ2) is 9.95. The Morgan fingerprint density at radius 1 is 0.829 bits per heavy atom. The summed E-state index contributed by atoms with van der Waals surface area (Å²) in [5.41, 5.74) is 1.67. The van der Waals surface area contributed by atoms with Crippen molar-refractivity contribution in [2.45, 2.75) is 31.8 Å². The van der Waals surface area contributed by atoms with Crippen LogP contribution in [-0.2, 0) is 32.3 Å². The monoisotopic (exact) mass is 588 g/mol. The van der Waals surface area contributed by atoms with Gasteiger partial charge in [0.15, 0.2) is 11.5 Å². The molecule has 1 N–H and O–H groups in total. The summed E-state index contributed by atoms with van der Waals surface area (Å²) in [6.45, 7) is 0.469. The SMILES string of the molecule is COc1cc([C@H]2C3=CC[C@@H]4C(=O)N(Cc5cccs5)C(=O)[C@@H]4[C@@H]3C[C@H]3C(=O)N(Cc4cccs4)C(=O)[C@@H]23)ccc1O. The maximum Gasteiger partial charge on any atom is 0.234 e. The molecule has 0 unspecified atom stereocenters. The van der Waals surface area contributed by atoms with Crippen LogP contribution >= 0.6 is 22.7 Å². The number of carbonyl (C=O) groups excluding carboxylic acids is 4. The van der Waals surface area contributed by atoms with Gasteiger partial charge in [-0.25, -0.2) is 0 Å². The van der Waals surface area contributed by atoms with Crippen molar-refractivity contribution < 1.29 is 29.0 Å². The molecular weight excluding hydrogens is 560 g/mol. The van der Waals surface area contributed by atoms with Crippen molar-refractivity contribution in [2.24, 2.45) is 29.6 Å². The van der Waals surface area contributed by atoms with Crippen molar-refractivity contribution in [2.75, 3.05) is 7.11 Å². The number of allylic oxidation sites excluding steroid dienone is 2. The first-order chi connectivity index (χ1) is 19.9. The minimum absolute atomic E-state index is 0.0215. The average Bonchev–Trinajstić information content (AvgIpc) is 3.77. The van der Waals surface area contributed by atoms with Gasteiger partial charge in [0.25, 0.3) is 0 Å². The van der Waals surface area contributed by atoms with E-state index < -0.39 is 29.6 Å². The number of phenolic OH excluding ortho intramolecular Hbond substituents is 1. The van der Waals surface area contributed by atoms with E-state index in [1.807, 2.05) is 41.1 Å². The third kappa shape index (κ3) is 4.06. The summed E-state index contributed by atoms with van der Waals surface area (Å²) >= 11 is 3.01. The normalized spacial score (nSPS) is 29.0. The molecule has 41 heavy (non-hydrogen) atoms. The Kier molecular flexibility index (Phi) is 6.35. The predicted octanol–water partition coefficient (Wildman–Crippen LogP) is 4.56. The zero-order chi connectivity index (χ0) is 28.4. The van der Waals surface area contributed by atoms with Gasteiger partial charge < -0.3 is 9.84 Å². The van der Waals surface area contributed by atoms with E-state index in [1.54, 1.807) is 12.1 Å². The zero-order valence-electron chi connectivity index (χ0n) is 22.3. The highest BCUT2D eigenvalue weighted by atomic mass is 32.1. The molecular formula is C31H28N2O6S2. The second-order valence-corrected chi connectivity index (χ2v) is 13.2. The number of hydrogen-bond acceptors (Lipinski definition) is 8. The van der Waals surface area contributed by atoms with Crippen LogP contribution in [0.3, 0.4) is 0 Å². The highest BCUT2D eigenvalue weighted by molar-refractivity contribution is 7.10. The Morgan fingerprint density at radius 3 is 2.07 bits per heavy atom. The number of carbonyl (C=O) groups is 4. The van der Waals surface area contributed by atoms with E-state index in [4.69, 9.17) is 4.74 Å². The average molecular weight is 589 g/mol. The second-order valence-electron chi connectivity index (χ2n) is 11.1. The quantitative estimate of drug-likeness (QED) is 0.335. The number of fused-ring (bicyclic) bond motifs is 4. The van der Waals surface area contributed by atoms with Crippen molar-refractivity contribution in [1.82, 2.24) is 9.80 Å². The van der Waals surface area contributed by atoms with E-state index in [0.29, 0.717) is 12.8 Å². The molecule has 210 valence electrons. The first kappa shape index (κ1) is 26.2. The molecule has 6 atom stereocenters. The lowest BCUT2D eigenvalue weighted by Gasteiger charge is -2.44. The standard InChI is InChI=1S/C31H28N2O6S2/c1-39-24-12-16(6-9-23(24)34)25-19-7-8-20-26(30(37)32(28(20)35)14-17-4-2-10-40-17)21(19)13-22-27(25)31(38)33(29(22)36)15-18-5-3-11-41-18/h2-7,9-12,20-22,25-27,34H,8,13-15H2,1H3/t20-,21+,22+,25-,26-,27+/m0/s1. The lowest BCUT2D eigenvalue weighted by atomic mass is 9.57. The van der Waals surface area contributed by atoms with Crippen LogP contribution in [0.15, 0.2) is 64.9 Å². The molecule has 4 amide bonds. The van der Waals surface area contributed by atoms with Gasteiger partial charge in [-0.05, 0) is 59.3 Å². The summed E-state index contributed by atoms with van der Waals surface area (Å²) in [4.78, 5) is 59.9. The van der Waals surface area contributed by atoms with Crippen molar-refractivity contribution in [1.29, 1.82) is 0 Å². The number of aromatic hydroxyl groups is 1. The van der Waals surface area contributed by atoms with E-state index in [-0.39, 0.29) is 54.1 Å². The molecule has 0 spiro atoms. The Balaban J connectivity index is 1.30. The van der Waals surface area contributed by atoms with Gasteiger partial charge in [-0.15, -0.1) is 22.7 Å². The van der Waals surface area contributed by atoms with Crippen LogP contribution in [-0.4, -0.2) is 45.6 Å². The first-order valence-electron chi connectivity index (χ1n) is 13.7. The van der Waals surface area contributed by atoms with Crippen molar-refractivity contribution >= 4 is 46.3 Å². The number of methoxy groups -OCH3 is 1. The smallest absolute Gasteiger partial charge is 0.234 e. The summed E-state index contributed by atoms with van der Waals surface area (Å²) in [5.74, 6) is -3.67. The zero-order valence-corrected chi connectivity index (χ0v) is 23.9. The fourth-order valence-corrected chi connectivity index (χ4v) is 8.80. The van der Waals surface area contributed by atoms with E-state index in [2.05, 4.69) is 0 Å². The van der Waals surface area contributed by atoms with E-state index in [0.717, 1.165) is 20.9 Å². The van der Waals surface area contributed by atoms with Crippen LogP contribution in [0.5, 0.6) is 11.5 Å². The summed E-state index contributed by atoms with van der Waals surface area (Å²) in [7, 11) is 1.47. The van der Waals surface area contributed by atoms with Gasteiger partial charge in [0.1, 0.15) is 0 Å². The first-order valence-corrected chi connectivity index (χ1v) is 15.4. The highest BCUT2D eigenvalue weighted by Gasteiger charge is 2.61. The molecule has 10 heteroatoms. The number of imide groups is 2. The van der Waals surface area contributed by atoms with Crippen molar-refractivity contribution in [3.63, 3.8) is 0 Å². The van der Waals surface area contributed by atoms with Crippen LogP contribution in [0.4, 0.5) is 0 Å². The molecule has 2 saturated heterocycles. The largest absolute Gasteiger partial charge is 0.504 e. The predicted molar refractivity (Wildman–Crippen MR) is 152 cm³/mol. The van der Waals surface area contributed by atoms with E-state index in [9.17, 15) is 24.3 Å². The minimum Gasteiger partial charge on any atom is -0.504 e. The van der Waals surface area contributed by atoms with E-state index in [1.165, 1.54) is 45.6 Å². The molecule has 4 heterocycles. The number of hydrogen-bond donors (Lipinski definition) is 1. The molecule has 1 saturated carbocycles. The third-order valence-corrected chi connectivity index (χ3v) is 10.9. The van der Waals surface area contributed by atoms with Crippen LogP contribution < -0.4 is 4.74 Å². The summed E-state index contributed by atoms with van der Waals surface area (Å²) in [6, 6.07) is 12.6. The van der Waals surface area contributed by atoms with Gasteiger partial charge in [0.2, 0.25) is 23.6 Å². The minimum atomic E-state index is -0.634. The molecule has 4 aliphatic rings. The van der Waals surface area contributed by atoms with Crippen molar-refractivity contribution in [3.05, 3.63) is 80.2 Å². The number of phenols is 1. The molecule has 0 bridgehead atoms. The molecule has 3 aromatic rings. The number of nitrogens with zero attached hydrogens (tertiary/aromatic N) is 2. The molecule has 2 aliphatic heterocycles. The molecule has 2 aromatic heterocycles. The Hall–Kier alpha value is -3.76. The topological polar surface area (TPSA) is 104 Å². The fraction of sp³-hybridized carbons (Fsp3) is 0.355. The highest BCUT2D eigenvalue weighted by Crippen LogP contribution is 2.58. The van der Waals surface area contributed by atoms with Gasteiger partial charge in [-0.1, -0.05) is 29.8 Å². The summed E-state index contributed by atoms with van der Waals surface area (Å²) < 4.78 is 5.39. The van der Waals surface area contributed by atoms with Gasteiger partial charge >= 0.3 is 0 Å². The Morgan fingerprint density at radius 2 is 1.46 bits per heavy atom. The number of likely N-dealkylation sites (tertiary alicyclic amines) is 2. The molecule has 8 nitrogen and oxygen atoms in total.